The van der Waals surface area contributed by atoms with E-state index in [1.54, 1.807) is 30.3 Å². The molecule has 2 N–H and O–H groups in total. The van der Waals surface area contributed by atoms with Crippen LogP contribution in [0.4, 0.5) is 11.4 Å². The zero-order chi connectivity index (χ0) is 21.4. The smallest absolute Gasteiger partial charge is 0.339 e. The Balaban J connectivity index is 2.05. The lowest BCUT2D eigenvalue weighted by atomic mass is 10.1. The Kier molecular flexibility index (Phi) is 7.25. The van der Waals surface area contributed by atoms with Crippen molar-refractivity contribution in [3.63, 3.8) is 0 Å². The molecule has 2 aromatic carbocycles. The van der Waals surface area contributed by atoms with Crippen molar-refractivity contribution >= 4 is 35.1 Å². The Morgan fingerprint density at radius 1 is 0.828 bits per heavy atom. The highest BCUT2D eigenvalue weighted by atomic mass is 16.5. The summed E-state index contributed by atoms with van der Waals surface area (Å²) in [5, 5.41) is 5.17. The highest BCUT2D eigenvalue weighted by Crippen LogP contribution is 2.16. The van der Waals surface area contributed by atoms with Crippen LogP contribution in [-0.2, 0) is 19.1 Å². The van der Waals surface area contributed by atoms with Crippen LogP contribution in [0.25, 0.3) is 0 Å². The van der Waals surface area contributed by atoms with Crippen LogP contribution in [0.1, 0.15) is 27.6 Å². The molecule has 0 saturated heterocycles. The van der Waals surface area contributed by atoms with Crippen LogP contribution >= 0.6 is 0 Å². The molecule has 0 spiro atoms. The molecule has 0 fully saturated rings. The molecule has 8 heteroatoms. The van der Waals surface area contributed by atoms with E-state index in [0.717, 1.165) is 6.08 Å². The maximum atomic E-state index is 12.3. The number of para-hydroxylation sites is 1. The van der Waals surface area contributed by atoms with Gasteiger partial charge < -0.3 is 20.1 Å². The number of carbonyl (C=O) groups excluding carboxylic acids is 4. The first-order valence-electron chi connectivity index (χ1n) is 8.52. The van der Waals surface area contributed by atoms with E-state index in [1.807, 2.05) is 0 Å². The first-order valence-corrected chi connectivity index (χ1v) is 8.52. The zero-order valence-corrected chi connectivity index (χ0v) is 16.1. The number of amides is 2. The topological polar surface area (TPSA) is 111 Å². The molecule has 8 nitrogen and oxygen atoms in total. The van der Waals surface area contributed by atoms with Crippen molar-refractivity contribution in [2.45, 2.75) is 6.92 Å². The summed E-state index contributed by atoms with van der Waals surface area (Å²) >= 11 is 0. The van der Waals surface area contributed by atoms with Gasteiger partial charge in [0.2, 0.25) is 5.91 Å². The molecule has 0 aliphatic rings. The van der Waals surface area contributed by atoms with E-state index in [-0.39, 0.29) is 16.8 Å². The number of methoxy groups -OCH3 is 2. The van der Waals surface area contributed by atoms with Crippen molar-refractivity contribution in [2.75, 3.05) is 24.9 Å². The maximum absolute atomic E-state index is 12.3. The molecule has 0 atom stereocenters. The Morgan fingerprint density at radius 2 is 1.45 bits per heavy atom. The number of hydrogen-bond acceptors (Lipinski definition) is 6. The zero-order valence-electron chi connectivity index (χ0n) is 16.1. The lowest BCUT2D eigenvalue weighted by Crippen LogP contribution is -2.17. The second-order valence-corrected chi connectivity index (χ2v) is 5.88. The van der Waals surface area contributed by atoms with Crippen molar-refractivity contribution in [1.29, 1.82) is 0 Å². The van der Waals surface area contributed by atoms with Crippen LogP contribution in [0.5, 0.6) is 0 Å². The normalized spacial score (nSPS) is 10.7. The molecule has 0 aliphatic carbocycles. The number of benzene rings is 2. The average Bonchev–Trinajstić information content (AvgIpc) is 2.73. The van der Waals surface area contributed by atoms with E-state index in [4.69, 9.17) is 0 Å². The molecule has 0 radical (unpaired) electrons. The SMILES string of the molecule is COC(=O)c1ccc(NC(=O)/C(C)=C/C(=O)Nc2ccccc2C(=O)OC)cc1. The predicted octanol–water partition coefficient (Wildman–Crippen LogP) is 2.78. The second kappa shape index (κ2) is 9.84. The van der Waals surface area contributed by atoms with Gasteiger partial charge in [-0.25, -0.2) is 9.59 Å². The largest absolute Gasteiger partial charge is 0.465 e. The Morgan fingerprint density at radius 3 is 2.07 bits per heavy atom. The summed E-state index contributed by atoms with van der Waals surface area (Å²) in [5.74, 6) is -2.14. The molecule has 2 amide bonds. The predicted molar refractivity (Wildman–Crippen MR) is 107 cm³/mol. The molecule has 0 aliphatic heterocycles. The van der Waals surface area contributed by atoms with Gasteiger partial charge in [0.05, 0.1) is 31.0 Å². The highest BCUT2D eigenvalue weighted by molar-refractivity contribution is 6.11. The van der Waals surface area contributed by atoms with Crippen molar-refractivity contribution in [1.82, 2.24) is 0 Å². The van der Waals surface area contributed by atoms with Crippen molar-refractivity contribution in [2.24, 2.45) is 0 Å². The Hall–Kier alpha value is -3.94. The van der Waals surface area contributed by atoms with Crippen LogP contribution in [0.2, 0.25) is 0 Å². The molecule has 0 unspecified atom stereocenters. The molecule has 0 heterocycles. The van der Waals surface area contributed by atoms with Gasteiger partial charge in [-0.15, -0.1) is 0 Å². The summed E-state index contributed by atoms with van der Waals surface area (Å²) in [6, 6.07) is 12.5. The summed E-state index contributed by atoms with van der Waals surface area (Å²) in [5.41, 5.74) is 1.42. The highest BCUT2D eigenvalue weighted by Gasteiger charge is 2.14. The van der Waals surface area contributed by atoms with E-state index in [1.165, 1.54) is 39.3 Å². The molecule has 0 aromatic heterocycles. The summed E-state index contributed by atoms with van der Waals surface area (Å²) in [4.78, 5) is 47.7. The minimum absolute atomic E-state index is 0.148. The van der Waals surface area contributed by atoms with Crippen molar-refractivity contribution in [3.8, 4) is 0 Å². The Bertz CT molecular complexity index is 963. The van der Waals surface area contributed by atoms with Crippen molar-refractivity contribution in [3.05, 3.63) is 71.3 Å². The van der Waals surface area contributed by atoms with Gasteiger partial charge in [0.1, 0.15) is 0 Å². The first-order chi connectivity index (χ1) is 13.8. The van der Waals surface area contributed by atoms with Gasteiger partial charge >= 0.3 is 11.9 Å². The lowest BCUT2D eigenvalue weighted by Gasteiger charge is -2.09. The number of carbonyl (C=O) groups is 4. The molecule has 0 bridgehead atoms. The molecular weight excluding hydrogens is 376 g/mol. The third kappa shape index (κ3) is 5.77. The number of esters is 2. The fourth-order valence-corrected chi connectivity index (χ4v) is 2.35. The van der Waals surface area contributed by atoms with Gasteiger partial charge in [-0.2, -0.15) is 0 Å². The van der Waals surface area contributed by atoms with Gasteiger partial charge in [-0.3, -0.25) is 9.59 Å². The monoisotopic (exact) mass is 396 g/mol. The van der Waals surface area contributed by atoms with Gasteiger partial charge in [-0.05, 0) is 43.3 Å². The summed E-state index contributed by atoms with van der Waals surface area (Å²) in [6.07, 6.45) is 1.12. The van der Waals surface area contributed by atoms with E-state index in [0.29, 0.717) is 11.3 Å². The minimum atomic E-state index is -0.588. The van der Waals surface area contributed by atoms with Crippen LogP contribution in [-0.4, -0.2) is 38.0 Å². The summed E-state index contributed by atoms with van der Waals surface area (Å²) in [7, 11) is 2.52. The number of rotatable bonds is 6. The van der Waals surface area contributed by atoms with Gasteiger partial charge in [-0.1, -0.05) is 12.1 Å². The number of anilines is 2. The number of nitrogens with one attached hydrogen (secondary N) is 2. The molecule has 29 heavy (non-hydrogen) atoms. The second-order valence-electron chi connectivity index (χ2n) is 5.88. The van der Waals surface area contributed by atoms with E-state index < -0.39 is 23.8 Å². The lowest BCUT2D eigenvalue weighted by molar-refractivity contribution is -0.114. The minimum Gasteiger partial charge on any atom is -0.465 e. The van der Waals surface area contributed by atoms with Crippen molar-refractivity contribution < 1.29 is 28.7 Å². The summed E-state index contributed by atoms with van der Waals surface area (Å²) < 4.78 is 9.29. The van der Waals surface area contributed by atoms with E-state index in [2.05, 4.69) is 20.1 Å². The fraction of sp³-hybridized carbons (Fsp3) is 0.143. The fourth-order valence-electron chi connectivity index (χ4n) is 2.35. The van der Waals surface area contributed by atoms with Gasteiger partial charge in [0.15, 0.2) is 0 Å². The molecule has 2 rings (SSSR count). The molecule has 0 saturated carbocycles. The average molecular weight is 396 g/mol. The van der Waals surface area contributed by atoms with E-state index >= 15 is 0 Å². The maximum Gasteiger partial charge on any atom is 0.339 e. The Labute approximate surface area is 167 Å². The standard InChI is InChI=1S/C21H20N2O6/c1-13(19(25)22-15-10-8-14(9-11-15)20(26)28-2)12-18(24)23-17-7-5-4-6-16(17)21(27)29-3/h4-12H,1-3H3,(H,22,25)(H,23,24)/b13-12+. The molecular formula is C21H20N2O6. The van der Waals surface area contributed by atoms with Crippen LogP contribution < -0.4 is 10.6 Å². The number of ether oxygens (including phenoxy) is 2. The quantitative estimate of drug-likeness (QED) is 0.574. The van der Waals surface area contributed by atoms with Crippen LogP contribution in [0.15, 0.2) is 60.2 Å². The van der Waals surface area contributed by atoms with Gasteiger partial charge in [0, 0.05) is 17.3 Å². The molecule has 2 aromatic rings. The molecule has 150 valence electrons. The third-order valence-corrected chi connectivity index (χ3v) is 3.86. The third-order valence-electron chi connectivity index (χ3n) is 3.86. The van der Waals surface area contributed by atoms with Crippen LogP contribution in [0.3, 0.4) is 0 Å². The first kappa shape index (κ1) is 21.4. The summed E-state index contributed by atoms with van der Waals surface area (Å²) in [6.45, 7) is 1.48. The van der Waals surface area contributed by atoms with Crippen LogP contribution in [0, 0.1) is 0 Å². The number of hydrogen-bond donors (Lipinski definition) is 2. The van der Waals surface area contributed by atoms with Gasteiger partial charge in [0.25, 0.3) is 5.91 Å². The van der Waals surface area contributed by atoms with E-state index in [9.17, 15) is 19.2 Å².